The number of hydrogen-bond acceptors (Lipinski definition) is 3. The summed E-state index contributed by atoms with van der Waals surface area (Å²) in [5, 5.41) is 22.7. The Morgan fingerprint density at radius 3 is 2.39 bits per heavy atom. The van der Waals surface area contributed by atoms with E-state index in [2.05, 4.69) is 12.2 Å². The molecule has 1 unspecified atom stereocenters. The second-order valence-corrected chi connectivity index (χ2v) is 5.39. The number of aliphatic hydroxyl groups excluding tert-OH is 1. The Hall–Kier alpha value is -1.06. The molecule has 0 aliphatic carbocycles. The highest BCUT2D eigenvalue weighted by Crippen LogP contribution is 2.23. The Morgan fingerprint density at radius 2 is 1.83 bits per heavy atom. The lowest BCUT2D eigenvalue weighted by Crippen LogP contribution is -2.45. The fourth-order valence-electron chi connectivity index (χ4n) is 2.09. The van der Waals surface area contributed by atoms with Crippen LogP contribution in [-0.2, 0) is 6.54 Å². The molecule has 3 nitrogen and oxygen atoms in total. The van der Waals surface area contributed by atoms with Crippen LogP contribution >= 0.6 is 0 Å². The maximum Gasteiger partial charge on any atom is 0.120 e. The third-order valence-corrected chi connectivity index (χ3v) is 3.55. The normalized spacial score (nSPS) is 14.5. The molecule has 18 heavy (non-hydrogen) atoms. The van der Waals surface area contributed by atoms with Crippen LogP contribution in [0.15, 0.2) is 12.1 Å². The molecule has 0 amide bonds. The average Bonchev–Trinajstić information content (AvgIpc) is 2.32. The molecule has 0 saturated heterocycles. The van der Waals surface area contributed by atoms with Crippen molar-refractivity contribution < 1.29 is 10.2 Å². The monoisotopic (exact) mass is 251 g/mol. The van der Waals surface area contributed by atoms with Gasteiger partial charge in [-0.15, -0.1) is 0 Å². The summed E-state index contributed by atoms with van der Waals surface area (Å²) >= 11 is 0. The van der Waals surface area contributed by atoms with Crippen LogP contribution in [-0.4, -0.2) is 22.4 Å². The predicted octanol–water partition coefficient (Wildman–Crippen LogP) is 2.65. The summed E-state index contributed by atoms with van der Waals surface area (Å²) in [6, 6.07) is 3.80. The number of aliphatic hydroxyl groups is 1. The van der Waals surface area contributed by atoms with Crippen molar-refractivity contribution in [2.75, 3.05) is 6.61 Å². The number of rotatable bonds is 6. The Morgan fingerprint density at radius 1 is 1.22 bits per heavy atom. The SMILES string of the molecule is CCCC(C)(CO)NCc1cc(C)c(C)cc1O. The minimum Gasteiger partial charge on any atom is -0.508 e. The molecule has 0 heterocycles. The smallest absolute Gasteiger partial charge is 0.120 e. The zero-order chi connectivity index (χ0) is 13.8. The highest BCUT2D eigenvalue weighted by atomic mass is 16.3. The molecule has 0 aromatic heterocycles. The van der Waals surface area contributed by atoms with E-state index in [1.54, 1.807) is 6.07 Å². The second-order valence-electron chi connectivity index (χ2n) is 5.39. The van der Waals surface area contributed by atoms with E-state index in [0.717, 1.165) is 24.0 Å². The molecule has 102 valence electrons. The topological polar surface area (TPSA) is 52.5 Å². The van der Waals surface area contributed by atoms with E-state index in [-0.39, 0.29) is 12.1 Å². The van der Waals surface area contributed by atoms with Gasteiger partial charge < -0.3 is 15.5 Å². The van der Waals surface area contributed by atoms with E-state index >= 15 is 0 Å². The zero-order valence-electron chi connectivity index (χ0n) is 11.9. The van der Waals surface area contributed by atoms with Gasteiger partial charge >= 0.3 is 0 Å². The largest absolute Gasteiger partial charge is 0.508 e. The quantitative estimate of drug-likeness (QED) is 0.728. The van der Waals surface area contributed by atoms with Crippen molar-refractivity contribution in [3.63, 3.8) is 0 Å². The predicted molar refractivity (Wildman–Crippen MR) is 74.8 cm³/mol. The van der Waals surface area contributed by atoms with E-state index in [0.29, 0.717) is 12.3 Å². The minimum absolute atomic E-state index is 0.104. The third-order valence-electron chi connectivity index (χ3n) is 3.55. The van der Waals surface area contributed by atoms with Crippen LogP contribution in [0.4, 0.5) is 0 Å². The van der Waals surface area contributed by atoms with Gasteiger partial charge in [-0.25, -0.2) is 0 Å². The lowest BCUT2D eigenvalue weighted by molar-refractivity contribution is 0.163. The fourth-order valence-corrected chi connectivity index (χ4v) is 2.09. The first-order chi connectivity index (χ1) is 8.41. The van der Waals surface area contributed by atoms with Gasteiger partial charge in [0.15, 0.2) is 0 Å². The Labute approximate surface area is 110 Å². The summed E-state index contributed by atoms with van der Waals surface area (Å²) in [6.45, 7) is 8.81. The number of phenols is 1. The van der Waals surface area contributed by atoms with Gasteiger partial charge in [0.1, 0.15) is 5.75 Å². The summed E-state index contributed by atoms with van der Waals surface area (Å²) in [5.74, 6) is 0.322. The fraction of sp³-hybridized carbons (Fsp3) is 0.600. The van der Waals surface area contributed by atoms with Crippen LogP contribution < -0.4 is 5.32 Å². The van der Waals surface area contributed by atoms with Crippen molar-refractivity contribution >= 4 is 0 Å². The number of benzene rings is 1. The van der Waals surface area contributed by atoms with Gasteiger partial charge in [-0.1, -0.05) is 19.4 Å². The molecule has 1 atom stereocenters. The van der Waals surface area contributed by atoms with Crippen LogP contribution in [0.2, 0.25) is 0 Å². The molecule has 0 bridgehead atoms. The van der Waals surface area contributed by atoms with Crippen molar-refractivity contribution in [3.8, 4) is 5.75 Å². The molecule has 1 aromatic rings. The summed E-state index contributed by atoms with van der Waals surface area (Å²) in [7, 11) is 0. The molecular weight excluding hydrogens is 226 g/mol. The lowest BCUT2D eigenvalue weighted by Gasteiger charge is -2.28. The van der Waals surface area contributed by atoms with Gasteiger partial charge in [-0.05, 0) is 44.4 Å². The molecule has 1 aromatic carbocycles. The van der Waals surface area contributed by atoms with E-state index in [4.69, 9.17) is 0 Å². The van der Waals surface area contributed by atoms with Crippen LogP contribution in [0.25, 0.3) is 0 Å². The maximum atomic E-state index is 9.91. The van der Waals surface area contributed by atoms with Gasteiger partial charge in [0.05, 0.1) is 6.61 Å². The molecule has 3 heteroatoms. The van der Waals surface area contributed by atoms with Crippen molar-refractivity contribution in [2.24, 2.45) is 0 Å². The van der Waals surface area contributed by atoms with Crippen LogP contribution in [0.5, 0.6) is 5.75 Å². The minimum atomic E-state index is -0.278. The highest BCUT2D eigenvalue weighted by Gasteiger charge is 2.21. The summed E-state index contributed by atoms with van der Waals surface area (Å²) in [6.07, 6.45) is 1.93. The van der Waals surface area contributed by atoms with Crippen LogP contribution in [0, 0.1) is 13.8 Å². The van der Waals surface area contributed by atoms with Gasteiger partial charge in [-0.3, -0.25) is 0 Å². The maximum absolute atomic E-state index is 9.91. The molecule has 0 aliphatic rings. The summed E-state index contributed by atoms with van der Waals surface area (Å²) in [5.41, 5.74) is 2.87. The van der Waals surface area contributed by atoms with E-state index in [9.17, 15) is 10.2 Å². The molecule has 0 radical (unpaired) electrons. The first-order valence-corrected chi connectivity index (χ1v) is 6.57. The molecule has 1 rings (SSSR count). The molecule has 0 fully saturated rings. The molecule has 3 N–H and O–H groups in total. The van der Waals surface area contributed by atoms with E-state index in [1.165, 1.54) is 5.56 Å². The standard InChI is InChI=1S/C15H25NO2/c1-5-6-15(4,10-17)16-9-13-7-11(2)12(3)8-14(13)18/h7-8,16-18H,5-6,9-10H2,1-4H3. The number of aromatic hydroxyl groups is 1. The number of phenolic OH excluding ortho intramolecular Hbond substituents is 1. The number of hydrogen-bond donors (Lipinski definition) is 3. The molecular formula is C15H25NO2. The van der Waals surface area contributed by atoms with Gasteiger partial charge in [-0.2, -0.15) is 0 Å². The first-order valence-electron chi connectivity index (χ1n) is 6.57. The highest BCUT2D eigenvalue weighted by molar-refractivity contribution is 5.40. The second kappa shape index (κ2) is 6.21. The van der Waals surface area contributed by atoms with Gasteiger partial charge in [0.25, 0.3) is 0 Å². The summed E-state index contributed by atoms with van der Waals surface area (Å²) in [4.78, 5) is 0. The van der Waals surface area contributed by atoms with Gasteiger partial charge in [0, 0.05) is 17.6 Å². The lowest BCUT2D eigenvalue weighted by atomic mass is 9.96. The van der Waals surface area contributed by atoms with Crippen LogP contribution in [0.3, 0.4) is 0 Å². The molecule has 0 spiro atoms. The van der Waals surface area contributed by atoms with Crippen molar-refractivity contribution in [2.45, 2.75) is 52.6 Å². The van der Waals surface area contributed by atoms with E-state index < -0.39 is 0 Å². The van der Waals surface area contributed by atoms with Crippen molar-refractivity contribution in [1.29, 1.82) is 0 Å². The zero-order valence-corrected chi connectivity index (χ0v) is 11.9. The van der Waals surface area contributed by atoms with E-state index in [1.807, 2.05) is 26.8 Å². The average molecular weight is 251 g/mol. The number of aryl methyl sites for hydroxylation is 2. The molecule has 0 aliphatic heterocycles. The number of nitrogens with one attached hydrogen (secondary N) is 1. The Kier molecular flexibility index (Phi) is 5.17. The van der Waals surface area contributed by atoms with Crippen molar-refractivity contribution in [3.05, 3.63) is 28.8 Å². The summed E-state index contributed by atoms with van der Waals surface area (Å²) < 4.78 is 0. The van der Waals surface area contributed by atoms with Gasteiger partial charge in [0.2, 0.25) is 0 Å². The molecule has 0 saturated carbocycles. The van der Waals surface area contributed by atoms with Crippen LogP contribution in [0.1, 0.15) is 43.4 Å². The first kappa shape index (κ1) is 15.0. The Bertz CT molecular complexity index is 404. The third kappa shape index (κ3) is 3.72. The Balaban J connectivity index is 2.76. The van der Waals surface area contributed by atoms with Crippen molar-refractivity contribution in [1.82, 2.24) is 5.32 Å².